The molecule has 2 heterocycles. The van der Waals surface area contributed by atoms with E-state index in [4.69, 9.17) is 4.74 Å². The third-order valence-corrected chi connectivity index (χ3v) is 5.29. The van der Waals surface area contributed by atoms with Crippen LogP contribution in [0.25, 0.3) is 0 Å². The van der Waals surface area contributed by atoms with Crippen LogP contribution in [-0.4, -0.2) is 35.8 Å². The fourth-order valence-electron chi connectivity index (χ4n) is 3.03. The number of benzene rings is 1. The number of anilines is 2. The van der Waals surface area contributed by atoms with Gasteiger partial charge >= 0.3 is 0 Å². The van der Waals surface area contributed by atoms with Crippen molar-refractivity contribution in [1.29, 1.82) is 0 Å². The first-order valence-electron chi connectivity index (χ1n) is 8.49. The highest BCUT2D eigenvalue weighted by molar-refractivity contribution is 7.13. The van der Waals surface area contributed by atoms with Crippen LogP contribution in [0.4, 0.5) is 10.8 Å². The molecule has 5 nitrogen and oxygen atoms in total. The minimum absolute atomic E-state index is 0.00725. The molecule has 1 aromatic carbocycles. The first-order valence-corrected chi connectivity index (χ1v) is 9.37. The summed E-state index contributed by atoms with van der Waals surface area (Å²) < 4.78 is 5.54. The summed E-state index contributed by atoms with van der Waals surface area (Å²) in [5, 5.41) is 16.4. The fourth-order valence-corrected chi connectivity index (χ4v) is 3.88. The van der Waals surface area contributed by atoms with E-state index < -0.39 is 0 Å². The Labute approximate surface area is 147 Å². The van der Waals surface area contributed by atoms with Crippen molar-refractivity contribution in [2.75, 3.05) is 29.9 Å². The maximum Gasteiger partial charge on any atom is 0.185 e. The fraction of sp³-hybridized carbons (Fsp3) is 0.500. The van der Waals surface area contributed by atoms with E-state index in [-0.39, 0.29) is 6.61 Å². The van der Waals surface area contributed by atoms with E-state index in [2.05, 4.69) is 20.6 Å². The quantitative estimate of drug-likeness (QED) is 0.838. The van der Waals surface area contributed by atoms with Gasteiger partial charge in [-0.05, 0) is 44.9 Å². The number of aryl methyl sites for hydroxylation is 1. The summed E-state index contributed by atoms with van der Waals surface area (Å²) in [5.74, 6) is 0.763. The molecular weight excluding hydrogens is 322 g/mol. The number of ether oxygens (including phenoxy) is 1. The van der Waals surface area contributed by atoms with Crippen LogP contribution in [0.1, 0.15) is 31.0 Å². The van der Waals surface area contributed by atoms with E-state index in [1.54, 1.807) is 11.3 Å². The van der Waals surface area contributed by atoms with Gasteiger partial charge in [0.05, 0.1) is 18.9 Å². The van der Waals surface area contributed by atoms with Gasteiger partial charge in [0, 0.05) is 35.8 Å². The van der Waals surface area contributed by atoms with Crippen LogP contribution < -0.4 is 15.0 Å². The number of aliphatic hydroxyl groups is 1. The van der Waals surface area contributed by atoms with Crippen LogP contribution in [0, 0.1) is 6.92 Å². The molecule has 1 fully saturated rings. The molecule has 3 rings (SSSR count). The minimum Gasteiger partial charge on any atom is -0.494 e. The molecule has 0 amide bonds. The Balaban J connectivity index is 1.58. The lowest BCUT2D eigenvalue weighted by Gasteiger charge is -2.32. The molecule has 24 heavy (non-hydrogen) atoms. The number of piperidine rings is 1. The standard InChI is InChI=1S/C18H25N3O2S/c1-3-23-17-5-4-16(10-14(17)11-22)20-15-6-8-21(9-7-15)18-19-13(2)12-24-18/h4-5,10,12,15,20,22H,3,6-9,11H2,1-2H3. The molecule has 0 aliphatic carbocycles. The molecule has 130 valence electrons. The molecule has 2 aromatic rings. The molecule has 1 aliphatic rings. The van der Waals surface area contributed by atoms with Crippen LogP contribution in [0.2, 0.25) is 0 Å². The molecule has 0 radical (unpaired) electrons. The van der Waals surface area contributed by atoms with Crippen molar-refractivity contribution in [2.45, 2.75) is 39.3 Å². The molecule has 0 bridgehead atoms. The average Bonchev–Trinajstić information content (AvgIpc) is 3.03. The lowest BCUT2D eigenvalue weighted by Crippen LogP contribution is -2.39. The maximum absolute atomic E-state index is 9.52. The average molecular weight is 347 g/mol. The van der Waals surface area contributed by atoms with Crippen LogP contribution in [0.3, 0.4) is 0 Å². The molecule has 1 saturated heterocycles. The molecule has 1 aromatic heterocycles. The van der Waals surface area contributed by atoms with Gasteiger partial charge in [-0.1, -0.05) is 0 Å². The van der Waals surface area contributed by atoms with Crippen molar-refractivity contribution in [2.24, 2.45) is 0 Å². The summed E-state index contributed by atoms with van der Waals surface area (Å²) in [6.45, 7) is 6.63. The molecular formula is C18H25N3O2S. The zero-order chi connectivity index (χ0) is 16.9. The second-order valence-corrected chi connectivity index (χ2v) is 6.93. The number of nitrogens with zero attached hydrogens (tertiary/aromatic N) is 2. The van der Waals surface area contributed by atoms with Crippen molar-refractivity contribution in [1.82, 2.24) is 4.98 Å². The van der Waals surface area contributed by atoms with Crippen molar-refractivity contribution in [3.05, 3.63) is 34.8 Å². The second-order valence-electron chi connectivity index (χ2n) is 6.09. The van der Waals surface area contributed by atoms with Crippen molar-refractivity contribution in [3.8, 4) is 5.75 Å². The molecule has 0 atom stereocenters. The Morgan fingerprint density at radius 3 is 2.79 bits per heavy atom. The summed E-state index contributed by atoms with van der Waals surface area (Å²) in [6, 6.07) is 6.40. The Hall–Kier alpha value is -1.79. The van der Waals surface area contributed by atoms with Gasteiger partial charge in [-0.2, -0.15) is 0 Å². The topological polar surface area (TPSA) is 57.6 Å². The summed E-state index contributed by atoms with van der Waals surface area (Å²) in [7, 11) is 0. The van der Waals surface area contributed by atoms with Gasteiger partial charge in [-0.3, -0.25) is 0 Å². The Bertz CT molecular complexity index is 666. The van der Waals surface area contributed by atoms with Crippen LogP contribution in [0.5, 0.6) is 5.75 Å². The third kappa shape index (κ3) is 3.99. The highest BCUT2D eigenvalue weighted by Gasteiger charge is 2.21. The second kappa shape index (κ2) is 7.85. The van der Waals surface area contributed by atoms with Gasteiger partial charge in [0.15, 0.2) is 5.13 Å². The van der Waals surface area contributed by atoms with Crippen LogP contribution >= 0.6 is 11.3 Å². The SMILES string of the molecule is CCOc1ccc(NC2CCN(c3nc(C)cs3)CC2)cc1CO. The predicted molar refractivity (Wildman–Crippen MR) is 99.2 cm³/mol. The normalized spacial score (nSPS) is 15.5. The summed E-state index contributed by atoms with van der Waals surface area (Å²) >= 11 is 1.73. The Morgan fingerprint density at radius 1 is 1.38 bits per heavy atom. The van der Waals surface area contributed by atoms with Gasteiger partial charge in [0.2, 0.25) is 0 Å². The summed E-state index contributed by atoms with van der Waals surface area (Å²) in [6.07, 6.45) is 2.17. The van der Waals surface area contributed by atoms with Gasteiger partial charge < -0.3 is 20.1 Å². The summed E-state index contributed by atoms with van der Waals surface area (Å²) in [5.41, 5.74) is 2.98. The highest BCUT2D eigenvalue weighted by Crippen LogP contribution is 2.27. The highest BCUT2D eigenvalue weighted by atomic mass is 32.1. The molecule has 6 heteroatoms. The maximum atomic E-state index is 9.52. The molecule has 0 unspecified atom stereocenters. The lowest BCUT2D eigenvalue weighted by atomic mass is 10.0. The monoisotopic (exact) mass is 347 g/mol. The smallest absolute Gasteiger partial charge is 0.185 e. The van der Waals surface area contributed by atoms with E-state index in [0.29, 0.717) is 12.6 Å². The third-order valence-electron chi connectivity index (χ3n) is 4.27. The Kier molecular flexibility index (Phi) is 5.58. The largest absolute Gasteiger partial charge is 0.494 e. The van der Waals surface area contributed by atoms with E-state index in [0.717, 1.165) is 53.8 Å². The predicted octanol–water partition coefficient (Wildman–Crippen LogP) is 3.42. The minimum atomic E-state index is -0.00725. The van der Waals surface area contributed by atoms with Gasteiger partial charge in [0.25, 0.3) is 0 Å². The van der Waals surface area contributed by atoms with E-state index in [1.807, 2.05) is 32.0 Å². The molecule has 2 N–H and O–H groups in total. The van der Waals surface area contributed by atoms with Crippen molar-refractivity contribution < 1.29 is 9.84 Å². The van der Waals surface area contributed by atoms with Gasteiger partial charge in [-0.15, -0.1) is 11.3 Å². The van der Waals surface area contributed by atoms with Gasteiger partial charge in [-0.25, -0.2) is 4.98 Å². The number of aromatic nitrogens is 1. The molecule has 0 saturated carbocycles. The van der Waals surface area contributed by atoms with E-state index >= 15 is 0 Å². The van der Waals surface area contributed by atoms with E-state index in [1.165, 1.54) is 0 Å². The number of rotatable bonds is 6. The zero-order valence-corrected chi connectivity index (χ0v) is 15.1. The molecule has 1 aliphatic heterocycles. The number of hydrogen-bond donors (Lipinski definition) is 2. The van der Waals surface area contributed by atoms with Gasteiger partial charge in [0.1, 0.15) is 5.75 Å². The molecule has 0 spiro atoms. The van der Waals surface area contributed by atoms with Crippen molar-refractivity contribution in [3.63, 3.8) is 0 Å². The van der Waals surface area contributed by atoms with Crippen LogP contribution in [0.15, 0.2) is 23.6 Å². The first kappa shape index (κ1) is 17.0. The number of thiazole rings is 1. The summed E-state index contributed by atoms with van der Waals surface area (Å²) in [4.78, 5) is 6.94. The lowest BCUT2D eigenvalue weighted by molar-refractivity contribution is 0.267. The zero-order valence-electron chi connectivity index (χ0n) is 14.3. The van der Waals surface area contributed by atoms with Crippen molar-refractivity contribution >= 4 is 22.2 Å². The van der Waals surface area contributed by atoms with E-state index in [9.17, 15) is 5.11 Å². The number of hydrogen-bond acceptors (Lipinski definition) is 6. The first-order chi connectivity index (χ1) is 11.7. The number of nitrogens with one attached hydrogen (secondary N) is 1. The Morgan fingerprint density at radius 2 is 2.17 bits per heavy atom. The number of aliphatic hydroxyl groups excluding tert-OH is 1. The van der Waals surface area contributed by atoms with Crippen LogP contribution in [-0.2, 0) is 6.61 Å².